The van der Waals surface area contributed by atoms with Crippen molar-refractivity contribution in [3.63, 3.8) is 0 Å². The third-order valence-electron chi connectivity index (χ3n) is 1.34. The monoisotopic (exact) mass is 285 g/mol. The molecule has 0 aliphatic heterocycles. The van der Waals surface area contributed by atoms with Gasteiger partial charge in [0.2, 0.25) is 0 Å². The van der Waals surface area contributed by atoms with Crippen LogP contribution >= 0.6 is 22.6 Å². The Morgan fingerprint density at radius 2 is 2.25 bits per heavy atom. The molecule has 2 nitrogen and oxygen atoms in total. The van der Waals surface area contributed by atoms with Gasteiger partial charge in [-0.15, -0.1) is 0 Å². The number of rotatable bonds is 2. The number of hydrogen-bond acceptors (Lipinski definition) is 2. The SMILES string of the molecule is COc1ccnc(I)c1C(F)F. The fraction of sp³-hybridized carbons (Fsp3) is 0.286. The lowest BCUT2D eigenvalue weighted by molar-refractivity contribution is 0.145. The van der Waals surface area contributed by atoms with Crippen molar-refractivity contribution in [1.29, 1.82) is 0 Å². The molecular weight excluding hydrogens is 279 g/mol. The molecule has 5 heteroatoms. The van der Waals surface area contributed by atoms with Crippen LogP contribution in [-0.4, -0.2) is 12.1 Å². The van der Waals surface area contributed by atoms with Gasteiger partial charge in [-0.05, 0) is 28.7 Å². The lowest BCUT2D eigenvalue weighted by atomic mass is 10.3. The third kappa shape index (κ3) is 1.82. The highest BCUT2D eigenvalue weighted by atomic mass is 127. The fourth-order valence-corrected chi connectivity index (χ4v) is 1.47. The largest absolute Gasteiger partial charge is 0.496 e. The Bertz CT molecular complexity index is 280. The second kappa shape index (κ2) is 3.97. The van der Waals surface area contributed by atoms with E-state index in [0.717, 1.165) is 0 Å². The van der Waals surface area contributed by atoms with E-state index in [-0.39, 0.29) is 15.0 Å². The van der Waals surface area contributed by atoms with Gasteiger partial charge in [0.05, 0.1) is 12.7 Å². The molecule has 0 fully saturated rings. The molecule has 0 aliphatic carbocycles. The summed E-state index contributed by atoms with van der Waals surface area (Å²) in [6.07, 6.45) is -1.10. The summed E-state index contributed by atoms with van der Waals surface area (Å²) in [6.45, 7) is 0. The number of ether oxygens (including phenoxy) is 1. The van der Waals surface area contributed by atoms with E-state index in [9.17, 15) is 8.78 Å². The van der Waals surface area contributed by atoms with Crippen LogP contribution in [0.15, 0.2) is 12.3 Å². The molecule has 1 heterocycles. The molecule has 0 aromatic carbocycles. The van der Waals surface area contributed by atoms with Crippen LogP contribution in [0.4, 0.5) is 8.78 Å². The molecular formula is C7H6F2INO. The van der Waals surface area contributed by atoms with Gasteiger partial charge >= 0.3 is 0 Å². The van der Waals surface area contributed by atoms with E-state index in [4.69, 9.17) is 4.74 Å². The van der Waals surface area contributed by atoms with E-state index in [2.05, 4.69) is 4.98 Å². The first-order chi connectivity index (χ1) is 5.66. The van der Waals surface area contributed by atoms with Crippen molar-refractivity contribution < 1.29 is 13.5 Å². The lowest BCUT2D eigenvalue weighted by Crippen LogP contribution is -1.97. The summed E-state index contributed by atoms with van der Waals surface area (Å²) in [4.78, 5) is 3.74. The minimum Gasteiger partial charge on any atom is -0.496 e. The van der Waals surface area contributed by atoms with E-state index in [1.54, 1.807) is 22.6 Å². The van der Waals surface area contributed by atoms with Crippen LogP contribution in [0.5, 0.6) is 5.75 Å². The van der Waals surface area contributed by atoms with Crippen molar-refractivity contribution >= 4 is 22.6 Å². The second-order valence-electron chi connectivity index (χ2n) is 2.02. The Morgan fingerprint density at radius 1 is 1.58 bits per heavy atom. The molecule has 0 saturated carbocycles. The number of alkyl halides is 2. The molecule has 0 saturated heterocycles. The molecule has 0 unspecified atom stereocenters. The predicted molar refractivity (Wildman–Crippen MR) is 48.5 cm³/mol. The van der Waals surface area contributed by atoms with Crippen molar-refractivity contribution in [3.05, 3.63) is 21.5 Å². The number of hydrogen-bond donors (Lipinski definition) is 0. The van der Waals surface area contributed by atoms with Gasteiger partial charge in [0.25, 0.3) is 6.43 Å². The van der Waals surface area contributed by atoms with E-state index in [0.29, 0.717) is 0 Å². The topological polar surface area (TPSA) is 22.1 Å². The maximum Gasteiger partial charge on any atom is 0.269 e. The summed E-state index contributed by atoms with van der Waals surface area (Å²) >= 11 is 1.75. The first-order valence-electron chi connectivity index (χ1n) is 3.13. The van der Waals surface area contributed by atoms with Gasteiger partial charge in [0, 0.05) is 6.20 Å². The molecule has 0 bridgehead atoms. The Morgan fingerprint density at radius 3 is 2.67 bits per heavy atom. The zero-order valence-corrected chi connectivity index (χ0v) is 8.38. The highest BCUT2D eigenvalue weighted by molar-refractivity contribution is 14.1. The van der Waals surface area contributed by atoms with Gasteiger partial charge in [0.1, 0.15) is 9.45 Å². The molecule has 0 amide bonds. The maximum absolute atomic E-state index is 12.4. The van der Waals surface area contributed by atoms with Crippen LogP contribution in [0.2, 0.25) is 0 Å². The quantitative estimate of drug-likeness (QED) is 0.615. The summed E-state index contributed by atoms with van der Waals surface area (Å²) in [5.41, 5.74) is -0.138. The molecule has 1 aromatic rings. The van der Waals surface area contributed by atoms with Gasteiger partial charge in [0.15, 0.2) is 0 Å². The normalized spacial score (nSPS) is 10.4. The van der Waals surface area contributed by atoms with Crippen molar-refractivity contribution in [2.45, 2.75) is 6.43 Å². The first-order valence-corrected chi connectivity index (χ1v) is 4.21. The van der Waals surface area contributed by atoms with Crippen LogP contribution in [0.25, 0.3) is 0 Å². The molecule has 0 atom stereocenters. The van der Waals surface area contributed by atoms with Crippen molar-refractivity contribution in [1.82, 2.24) is 4.98 Å². The molecule has 0 spiro atoms. The lowest BCUT2D eigenvalue weighted by Gasteiger charge is -2.07. The Hall–Kier alpha value is -0.460. The molecule has 66 valence electrons. The zero-order valence-electron chi connectivity index (χ0n) is 6.22. The third-order valence-corrected chi connectivity index (χ3v) is 2.20. The minimum absolute atomic E-state index is 0.138. The first kappa shape index (κ1) is 9.63. The summed E-state index contributed by atoms with van der Waals surface area (Å²) in [5, 5.41) is 0. The molecule has 1 aromatic heterocycles. The second-order valence-corrected chi connectivity index (χ2v) is 3.04. The zero-order chi connectivity index (χ0) is 9.14. The summed E-state index contributed by atoms with van der Waals surface area (Å²) in [6, 6.07) is 1.42. The van der Waals surface area contributed by atoms with Crippen LogP contribution in [-0.2, 0) is 0 Å². The fourth-order valence-electron chi connectivity index (χ4n) is 0.807. The predicted octanol–water partition coefficient (Wildman–Crippen LogP) is 2.63. The smallest absolute Gasteiger partial charge is 0.269 e. The maximum atomic E-state index is 12.4. The van der Waals surface area contributed by atoms with Gasteiger partial charge in [-0.3, -0.25) is 0 Å². The number of nitrogens with zero attached hydrogens (tertiary/aromatic N) is 1. The molecule has 0 N–H and O–H groups in total. The van der Waals surface area contributed by atoms with E-state index in [1.165, 1.54) is 19.4 Å². The van der Waals surface area contributed by atoms with Crippen LogP contribution in [0, 0.1) is 3.70 Å². The van der Waals surface area contributed by atoms with Gasteiger partial charge in [-0.25, -0.2) is 13.8 Å². The average Bonchev–Trinajstić information content (AvgIpc) is 2.03. The number of halogens is 3. The Balaban J connectivity index is 3.20. The van der Waals surface area contributed by atoms with E-state index in [1.807, 2.05) is 0 Å². The molecule has 12 heavy (non-hydrogen) atoms. The number of methoxy groups -OCH3 is 1. The molecule has 1 rings (SSSR count). The summed E-state index contributed by atoms with van der Waals surface area (Å²) in [7, 11) is 1.36. The van der Waals surface area contributed by atoms with Crippen molar-refractivity contribution in [2.75, 3.05) is 7.11 Å². The Kier molecular flexibility index (Phi) is 3.19. The van der Waals surface area contributed by atoms with Gasteiger partial charge in [-0.1, -0.05) is 0 Å². The van der Waals surface area contributed by atoms with Crippen molar-refractivity contribution in [2.24, 2.45) is 0 Å². The summed E-state index contributed by atoms with van der Waals surface area (Å²) < 4.78 is 29.7. The van der Waals surface area contributed by atoms with Gasteiger partial charge in [-0.2, -0.15) is 0 Å². The number of aromatic nitrogens is 1. The minimum atomic E-state index is -2.54. The molecule has 0 radical (unpaired) electrons. The standard InChI is InChI=1S/C7H6F2INO/c1-12-4-2-3-11-7(10)5(4)6(8)9/h2-3,6H,1H3. The Labute approximate surface area is 82.1 Å². The van der Waals surface area contributed by atoms with E-state index >= 15 is 0 Å². The molecule has 0 aliphatic rings. The van der Waals surface area contributed by atoms with Crippen LogP contribution in [0.1, 0.15) is 12.0 Å². The van der Waals surface area contributed by atoms with E-state index < -0.39 is 6.43 Å². The average molecular weight is 285 g/mol. The van der Waals surface area contributed by atoms with Crippen molar-refractivity contribution in [3.8, 4) is 5.75 Å². The highest BCUT2D eigenvalue weighted by Crippen LogP contribution is 2.31. The highest BCUT2D eigenvalue weighted by Gasteiger charge is 2.17. The summed E-state index contributed by atoms with van der Waals surface area (Å²) in [5.74, 6) is 0.185. The van der Waals surface area contributed by atoms with Gasteiger partial charge < -0.3 is 4.74 Å². The van der Waals surface area contributed by atoms with Crippen LogP contribution in [0.3, 0.4) is 0 Å². The number of pyridine rings is 1. The van der Waals surface area contributed by atoms with Crippen LogP contribution < -0.4 is 4.74 Å².